The lowest BCUT2D eigenvalue weighted by molar-refractivity contribution is 0.380. The second-order valence-electron chi connectivity index (χ2n) is 6.85. The molecule has 0 amide bonds. The molecule has 0 spiro atoms. The Balaban J connectivity index is 1.31. The molecule has 1 saturated carbocycles. The van der Waals surface area contributed by atoms with Gasteiger partial charge in [-0.05, 0) is 53.5 Å². The molecule has 2 aliphatic rings. The number of aromatic nitrogens is 4. The Labute approximate surface area is 157 Å². The molecule has 2 aromatic rings. The third-order valence-corrected chi connectivity index (χ3v) is 5.16. The predicted molar refractivity (Wildman–Crippen MR) is 101 cm³/mol. The SMILES string of the molecule is NC(=NCc1nnnn1CC1CC1)N1CCN(c2ccc(Cl)cc2)CC1. The van der Waals surface area contributed by atoms with E-state index in [4.69, 9.17) is 17.3 Å². The molecule has 2 fully saturated rings. The number of halogens is 1. The first kappa shape index (κ1) is 17.1. The summed E-state index contributed by atoms with van der Waals surface area (Å²) in [6, 6.07) is 7.94. The van der Waals surface area contributed by atoms with Gasteiger partial charge in [0.05, 0.1) is 0 Å². The minimum atomic E-state index is 0.420. The average molecular weight is 375 g/mol. The van der Waals surface area contributed by atoms with Crippen molar-refractivity contribution in [2.45, 2.75) is 25.9 Å². The van der Waals surface area contributed by atoms with Gasteiger partial charge in [-0.25, -0.2) is 9.67 Å². The number of nitrogens with zero attached hydrogens (tertiary/aromatic N) is 7. The van der Waals surface area contributed by atoms with Crippen LogP contribution in [0.5, 0.6) is 0 Å². The van der Waals surface area contributed by atoms with Gasteiger partial charge in [0.25, 0.3) is 0 Å². The number of piperazine rings is 1. The second kappa shape index (κ2) is 7.49. The number of tetrazole rings is 1. The minimum Gasteiger partial charge on any atom is -0.370 e. The van der Waals surface area contributed by atoms with Crippen LogP contribution in [0.15, 0.2) is 29.3 Å². The van der Waals surface area contributed by atoms with Crippen molar-refractivity contribution in [3.63, 3.8) is 0 Å². The van der Waals surface area contributed by atoms with Crippen LogP contribution in [0.3, 0.4) is 0 Å². The quantitative estimate of drug-likeness (QED) is 0.628. The number of rotatable bonds is 5. The molecule has 0 atom stereocenters. The molecule has 9 heteroatoms. The molecule has 8 nitrogen and oxygen atoms in total. The zero-order chi connectivity index (χ0) is 17.9. The van der Waals surface area contributed by atoms with Crippen molar-refractivity contribution in [3.05, 3.63) is 35.1 Å². The normalized spacial score (nSPS) is 18.4. The Hall–Kier alpha value is -2.35. The van der Waals surface area contributed by atoms with Crippen LogP contribution in [0.4, 0.5) is 5.69 Å². The summed E-state index contributed by atoms with van der Waals surface area (Å²) in [6.45, 7) is 4.78. The lowest BCUT2D eigenvalue weighted by Gasteiger charge is -2.36. The third-order valence-electron chi connectivity index (χ3n) is 4.91. The summed E-state index contributed by atoms with van der Waals surface area (Å²) in [4.78, 5) is 8.95. The van der Waals surface area contributed by atoms with Crippen molar-refractivity contribution in [3.8, 4) is 0 Å². The molecule has 0 bridgehead atoms. The second-order valence-corrected chi connectivity index (χ2v) is 7.28. The van der Waals surface area contributed by atoms with E-state index in [0.717, 1.165) is 49.5 Å². The van der Waals surface area contributed by atoms with Crippen LogP contribution in [0.1, 0.15) is 18.7 Å². The zero-order valence-electron chi connectivity index (χ0n) is 14.6. The minimum absolute atomic E-state index is 0.420. The van der Waals surface area contributed by atoms with Crippen molar-refractivity contribution < 1.29 is 0 Å². The first-order chi connectivity index (χ1) is 12.7. The van der Waals surface area contributed by atoms with Gasteiger partial charge in [-0.3, -0.25) is 0 Å². The van der Waals surface area contributed by atoms with Gasteiger partial charge >= 0.3 is 0 Å². The van der Waals surface area contributed by atoms with Gasteiger partial charge in [0.15, 0.2) is 11.8 Å². The largest absolute Gasteiger partial charge is 0.370 e. The highest BCUT2D eigenvalue weighted by Gasteiger charge is 2.24. The summed E-state index contributed by atoms with van der Waals surface area (Å²) in [7, 11) is 0. The van der Waals surface area contributed by atoms with Gasteiger partial charge < -0.3 is 15.5 Å². The number of hydrogen-bond donors (Lipinski definition) is 1. The first-order valence-corrected chi connectivity index (χ1v) is 9.37. The van der Waals surface area contributed by atoms with E-state index in [9.17, 15) is 0 Å². The van der Waals surface area contributed by atoms with E-state index in [0.29, 0.717) is 12.5 Å². The van der Waals surface area contributed by atoms with E-state index in [2.05, 4.69) is 42.5 Å². The Bertz CT molecular complexity index is 759. The van der Waals surface area contributed by atoms with Crippen molar-refractivity contribution in [2.75, 3.05) is 31.1 Å². The molecular formula is C17H23ClN8. The summed E-state index contributed by atoms with van der Waals surface area (Å²) < 4.78 is 1.85. The Morgan fingerprint density at radius 3 is 2.58 bits per heavy atom. The standard InChI is InChI=1S/C17H23ClN8/c18-14-3-5-15(6-4-14)24-7-9-25(10-8-24)17(19)20-11-16-21-22-23-26(16)12-13-1-2-13/h3-6,13H,1-2,7-12H2,(H2,19,20). The monoisotopic (exact) mass is 374 g/mol. The Morgan fingerprint density at radius 1 is 1.15 bits per heavy atom. The molecule has 138 valence electrons. The fourth-order valence-electron chi connectivity index (χ4n) is 3.12. The highest BCUT2D eigenvalue weighted by molar-refractivity contribution is 6.30. The molecule has 2 N–H and O–H groups in total. The van der Waals surface area contributed by atoms with Crippen LogP contribution in [0.2, 0.25) is 5.02 Å². The number of nitrogens with two attached hydrogens (primary N) is 1. The zero-order valence-corrected chi connectivity index (χ0v) is 15.4. The number of benzene rings is 1. The van der Waals surface area contributed by atoms with Crippen LogP contribution in [0, 0.1) is 5.92 Å². The average Bonchev–Trinajstić information content (AvgIpc) is 3.37. The van der Waals surface area contributed by atoms with Crippen LogP contribution in [-0.4, -0.2) is 57.2 Å². The van der Waals surface area contributed by atoms with Crippen LogP contribution in [-0.2, 0) is 13.1 Å². The van der Waals surface area contributed by atoms with Crippen molar-refractivity contribution in [1.82, 2.24) is 25.1 Å². The van der Waals surface area contributed by atoms with Crippen molar-refractivity contribution >= 4 is 23.2 Å². The smallest absolute Gasteiger partial charge is 0.191 e. The predicted octanol–water partition coefficient (Wildman–Crippen LogP) is 1.37. The third kappa shape index (κ3) is 4.07. The van der Waals surface area contributed by atoms with Gasteiger partial charge in [-0.15, -0.1) is 5.10 Å². The molecule has 1 saturated heterocycles. The lowest BCUT2D eigenvalue weighted by Crippen LogP contribution is -2.51. The number of anilines is 1. The van der Waals surface area contributed by atoms with E-state index in [1.807, 2.05) is 16.8 Å². The van der Waals surface area contributed by atoms with Gasteiger partial charge in [-0.1, -0.05) is 11.6 Å². The highest BCUT2D eigenvalue weighted by Crippen LogP contribution is 2.30. The summed E-state index contributed by atoms with van der Waals surface area (Å²) in [5, 5.41) is 12.7. The highest BCUT2D eigenvalue weighted by atomic mass is 35.5. The maximum absolute atomic E-state index is 6.19. The van der Waals surface area contributed by atoms with Gasteiger partial charge in [0, 0.05) is 43.4 Å². The number of hydrogen-bond acceptors (Lipinski definition) is 5. The van der Waals surface area contributed by atoms with E-state index in [1.54, 1.807) is 0 Å². The summed E-state index contributed by atoms with van der Waals surface area (Å²) >= 11 is 5.96. The maximum atomic E-state index is 6.19. The number of guanidine groups is 1. The molecule has 1 aliphatic heterocycles. The fraction of sp³-hybridized carbons (Fsp3) is 0.529. The van der Waals surface area contributed by atoms with E-state index in [1.165, 1.54) is 18.5 Å². The Morgan fingerprint density at radius 2 is 1.88 bits per heavy atom. The molecule has 1 aromatic heterocycles. The molecule has 26 heavy (non-hydrogen) atoms. The van der Waals surface area contributed by atoms with Gasteiger partial charge in [0.1, 0.15) is 6.54 Å². The lowest BCUT2D eigenvalue weighted by atomic mass is 10.2. The summed E-state index contributed by atoms with van der Waals surface area (Å²) in [5.74, 6) is 2.06. The molecule has 0 radical (unpaired) electrons. The molecule has 0 unspecified atom stereocenters. The number of aliphatic imine (C=N–C) groups is 1. The first-order valence-electron chi connectivity index (χ1n) is 8.99. The van der Waals surface area contributed by atoms with Crippen molar-refractivity contribution in [1.29, 1.82) is 0 Å². The van der Waals surface area contributed by atoms with Crippen LogP contribution < -0.4 is 10.6 Å². The topological polar surface area (TPSA) is 88.5 Å². The fourth-order valence-corrected chi connectivity index (χ4v) is 3.25. The molecule has 1 aliphatic carbocycles. The van der Waals surface area contributed by atoms with Crippen molar-refractivity contribution in [2.24, 2.45) is 16.6 Å². The maximum Gasteiger partial charge on any atom is 0.191 e. The van der Waals surface area contributed by atoms with E-state index < -0.39 is 0 Å². The summed E-state index contributed by atoms with van der Waals surface area (Å²) in [5.41, 5.74) is 7.38. The Kier molecular flexibility index (Phi) is 4.92. The summed E-state index contributed by atoms with van der Waals surface area (Å²) in [6.07, 6.45) is 2.53. The molecule has 1 aromatic carbocycles. The van der Waals surface area contributed by atoms with Gasteiger partial charge in [-0.2, -0.15) is 0 Å². The molecular weight excluding hydrogens is 352 g/mol. The van der Waals surface area contributed by atoms with E-state index in [-0.39, 0.29) is 0 Å². The van der Waals surface area contributed by atoms with Crippen LogP contribution >= 0.6 is 11.6 Å². The van der Waals surface area contributed by atoms with Gasteiger partial charge in [0.2, 0.25) is 0 Å². The van der Waals surface area contributed by atoms with E-state index >= 15 is 0 Å². The molecule has 4 rings (SSSR count). The molecule has 2 heterocycles. The van der Waals surface area contributed by atoms with Crippen LogP contribution in [0.25, 0.3) is 0 Å².